The van der Waals surface area contributed by atoms with Crippen LogP contribution in [0.25, 0.3) is 0 Å². The highest BCUT2D eigenvalue weighted by atomic mass is 16.5. The molecule has 0 aliphatic rings. The third kappa shape index (κ3) is 4.37. The van der Waals surface area contributed by atoms with Crippen molar-refractivity contribution >= 4 is 17.8 Å². The largest absolute Gasteiger partial charge is 0.504 e. The second kappa shape index (κ2) is 7.13. The molecule has 0 aliphatic carbocycles. The Morgan fingerprint density at radius 2 is 1.95 bits per heavy atom. The van der Waals surface area contributed by atoms with Gasteiger partial charge in [-0.05, 0) is 18.2 Å². The van der Waals surface area contributed by atoms with E-state index in [1.54, 1.807) is 0 Å². The number of rotatable bonds is 6. The van der Waals surface area contributed by atoms with Gasteiger partial charge in [0.25, 0.3) is 5.91 Å². The smallest absolute Gasteiger partial charge is 0.326 e. The van der Waals surface area contributed by atoms with Gasteiger partial charge in [0.05, 0.1) is 20.6 Å². The molecular formula is C13H15NO7. The van der Waals surface area contributed by atoms with Crippen LogP contribution in [0.2, 0.25) is 0 Å². The number of methoxy groups -OCH3 is 2. The number of aliphatic carboxylic acids is 1. The van der Waals surface area contributed by atoms with Crippen LogP contribution < -0.4 is 10.1 Å². The van der Waals surface area contributed by atoms with E-state index in [-0.39, 0.29) is 17.1 Å². The van der Waals surface area contributed by atoms with Gasteiger partial charge in [-0.1, -0.05) is 0 Å². The number of carbonyl (C=O) groups excluding carboxylic acids is 2. The summed E-state index contributed by atoms with van der Waals surface area (Å²) in [7, 11) is 2.47. The van der Waals surface area contributed by atoms with Gasteiger partial charge in [0.15, 0.2) is 11.5 Å². The monoisotopic (exact) mass is 297 g/mol. The van der Waals surface area contributed by atoms with Gasteiger partial charge >= 0.3 is 11.9 Å². The van der Waals surface area contributed by atoms with E-state index >= 15 is 0 Å². The Bertz CT molecular complexity index is 555. The molecule has 8 nitrogen and oxygen atoms in total. The van der Waals surface area contributed by atoms with Gasteiger partial charge in [-0.25, -0.2) is 4.79 Å². The molecule has 0 aromatic heterocycles. The van der Waals surface area contributed by atoms with E-state index < -0.39 is 30.3 Å². The Morgan fingerprint density at radius 3 is 2.43 bits per heavy atom. The maximum absolute atomic E-state index is 11.9. The fourth-order valence-corrected chi connectivity index (χ4v) is 1.52. The number of aromatic hydroxyl groups is 1. The van der Waals surface area contributed by atoms with Crippen molar-refractivity contribution in [3.8, 4) is 11.5 Å². The molecule has 0 fully saturated rings. The van der Waals surface area contributed by atoms with Gasteiger partial charge in [0.1, 0.15) is 6.04 Å². The first-order chi connectivity index (χ1) is 9.88. The molecule has 8 heteroatoms. The molecule has 1 atom stereocenters. The van der Waals surface area contributed by atoms with Crippen molar-refractivity contribution in [1.82, 2.24) is 5.32 Å². The van der Waals surface area contributed by atoms with Crippen molar-refractivity contribution < 1.29 is 34.1 Å². The lowest BCUT2D eigenvalue weighted by Crippen LogP contribution is -2.42. The van der Waals surface area contributed by atoms with Crippen molar-refractivity contribution in [2.45, 2.75) is 12.5 Å². The van der Waals surface area contributed by atoms with Crippen molar-refractivity contribution in [3.05, 3.63) is 23.8 Å². The lowest BCUT2D eigenvalue weighted by molar-refractivity contribution is -0.147. The molecule has 1 aromatic rings. The number of benzene rings is 1. The number of carboxylic acid groups (broad SMARTS) is 1. The molecule has 0 unspecified atom stereocenters. The average molecular weight is 297 g/mol. The Labute approximate surface area is 120 Å². The second-order valence-corrected chi connectivity index (χ2v) is 4.03. The topological polar surface area (TPSA) is 122 Å². The van der Waals surface area contributed by atoms with E-state index in [1.165, 1.54) is 19.2 Å². The number of hydrogen-bond donors (Lipinski definition) is 3. The summed E-state index contributed by atoms with van der Waals surface area (Å²) in [6, 6.07) is 2.42. The molecular weight excluding hydrogens is 282 g/mol. The van der Waals surface area contributed by atoms with Crippen LogP contribution in [0.4, 0.5) is 0 Å². The summed E-state index contributed by atoms with van der Waals surface area (Å²) < 4.78 is 9.19. The minimum absolute atomic E-state index is 0.0319. The van der Waals surface area contributed by atoms with Crippen LogP contribution in [-0.2, 0) is 14.3 Å². The predicted octanol–water partition coefficient (Wildman–Crippen LogP) is 0.147. The molecule has 1 rings (SSSR count). The number of carboxylic acids is 1. The normalized spacial score (nSPS) is 11.3. The van der Waals surface area contributed by atoms with E-state index in [2.05, 4.69) is 10.1 Å². The Hall–Kier alpha value is -2.77. The number of ether oxygens (including phenoxy) is 2. The zero-order valence-corrected chi connectivity index (χ0v) is 11.5. The molecule has 3 N–H and O–H groups in total. The summed E-state index contributed by atoms with van der Waals surface area (Å²) in [6.07, 6.45) is -0.500. The molecule has 21 heavy (non-hydrogen) atoms. The maximum atomic E-state index is 11.9. The zero-order valence-electron chi connectivity index (χ0n) is 11.5. The van der Waals surface area contributed by atoms with Crippen LogP contribution in [0.15, 0.2) is 18.2 Å². The van der Waals surface area contributed by atoms with Crippen LogP contribution in [0.1, 0.15) is 16.8 Å². The molecule has 0 saturated heterocycles. The highest BCUT2D eigenvalue weighted by molar-refractivity contribution is 5.97. The summed E-state index contributed by atoms with van der Waals surface area (Å²) in [6.45, 7) is 0. The van der Waals surface area contributed by atoms with Crippen LogP contribution >= 0.6 is 0 Å². The molecule has 0 aliphatic heterocycles. The number of esters is 1. The first-order valence-electron chi connectivity index (χ1n) is 5.86. The molecule has 1 amide bonds. The Kier molecular flexibility index (Phi) is 5.53. The van der Waals surface area contributed by atoms with E-state index in [0.29, 0.717) is 0 Å². The Morgan fingerprint density at radius 1 is 1.29 bits per heavy atom. The van der Waals surface area contributed by atoms with Crippen molar-refractivity contribution in [3.63, 3.8) is 0 Å². The molecule has 0 spiro atoms. The van der Waals surface area contributed by atoms with Gasteiger partial charge < -0.3 is 25.0 Å². The quantitative estimate of drug-likeness (QED) is 0.638. The molecule has 1 aromatic carbocycles. The van der Waals surface area contributed by atoms with E-state index in [9.17, 15) is 19.5 Å². The number of hydrogen-bond acceptors (Lipinski definition) is 6. The minimum atomic E-state index is -1.42. The fourth-order valence-electron chi connectivity index (χ4n) is 1.52. The van der Waals surface area contributed by atoms with Gasteiger partial charge in [-0.2, -0.15) is 0 Å². The molecule has 0 saturated carbocycles. The van der Waals surface area contributed by atoms with E-state index in [1.807, 2.05) is 0 Å². The number of phenols is 1. The number of carbonyl (C=O) groups is 3. The Balaban J connectivity index is 2.84. The summed E-state index contributed by atoms with van der Waals surface area (Å²) in [5.74, 6) is -2.96. The average Bonchev–Trinajstić information content (AvgIpc) is 2.45. The maximum Gasteiger partial charge on any atom is 0.326 e. The third-order valence-corrected chi connectivity index (χ3v) is 2.64. The SMILES string of the molecule is COC(=O)C[C@H](NC(=O)c1ccc(OC)c(O)c1)C(=O)O. The van der Waals surface area contributed by atoms with Crippen molar-refractivity contribution in [2.24, 2.45) is 0 Å². The summed E-state index contributed by atoms with van der Waals surface area (Å²) >= 11 is 0. The predicted molar refractivity (Wildman–Crippen MR) is 70.2 cm³/mol. The lowest BCUT2D eigenvalue weighted by atomic mass is 10.1. The molecule has 0 radical (unpaired) electrons. The van der Waals surface area contributed by atoms with Crippen LogP contribution in [0.5, 0.6) is 11.5 Å². The number of nitrogens with one attached hydrogen (secondary N) is 1. The van der Waals surface area contributed by atoms with E-state index in [4.69, 9.17) is 9.84 Å². The standard InChI is InChI=1S/C13H15NO7/c1-20-10-4-3-7(5-9(10)15)12(17)14-8(13(18)19)6-11(16)21-2/h3-5,8,15H,6H2,1-2H3,(H,14,17)(H,18,19)/t8-/m0/s1. The first kappa shape index (κ1) is 16.3. The van der Waals surface area contributed by atoms with Gasteiger partial charge in [0, 0.05) is 5.56 Å². The van der Waals surface area contributed by atoms with E-state index in [0.717, 1.165) is 13.2 Å². The van der Waals surface area contributed by atoms with Gasteiger partial charge in [-0.3, -0.25) is 9.59 Å². The highest BCUT2D eigenvalue weighted by Crippen LogP contribution is 2.26. The van der Waals surface area contributed by atoms with Gasteiger partial charge in [0.2, 0.25) is 0 Å². The van der Waals surface area contributed by atoms with Crippen LogP contribution in [0.3, 0.4) is 0 Å². The fraction of sp³-hybridized carbons (Fsp3) is 0.308. The van der Waals surface area contributed by atoms with Crippen LogP contribution in [0, 0.1) is 0 Å². The van der Waals surface area contributed by atoms with Crippen molar-refractivity contribution in [2.75, 3.05) is 14.2 Å². The summed E-state index contributed by atoms with van der Waals surface area (Å²) in [5.41, 5.74) is 0.0319. The minimum Gasteiger partial charge on any atom is -0.504 e. The molecule has 0 bridgehead atoms. The second-order valence-electron chi connectivity index (χ2n) is 4.03. The van der Waals surface area contributed by atoms with Crippen LogP contribution in [-0.4, -0.2) is 48.3 Å². The summed E-state index contributed by atoms with van der Waals surface area (Å²) in [5, 5.41) is 20.7. The molecule has 0 heterocycles. The lowest BCUT2D eigenvalue weighted by Gasteiger charge is -2.13. The number of amides is 1. The van der Waals surface area contributed by atoms with Gasteiger partial charge in [-0.15, -0.1) is 0 Å². The molecule has 114 valence electrons. The highest BCUT2D eigenvalue weighted by Gasteiger charge is 2.24. The number of phenolic OH excluding ortho intramolecular Hbond substituents is 1. The van der Waals surface area contributed by atoms with Crippen molar-refractivity contribution in [1.29, 1.82) is 0 Å². The first-order valence-corrected chi connectivity index (χ1v) is 5.86. The summed E-state index contributed by atoms with van der Waals surface area (Å²) in [4.78, 5) is 34.0. The third-order valence-electron chi connectivity index (χ3n) is 2.64. The zero-order chi connectivity index (χ0) is 16.0.